The maximum absolute atomic E-state index is 12.7. The van der Waals surface area contributed by atoms with Crippen LogP contribution < -0.4 is 5.32 Å². The van der Waals surface area contributed by atoms with E-state index in [-0.39, 0.29) is 18.1 Å². The fourth-order valence-electron chi connectivity index (χ4n) is 3.83. The van der Waals surface area contributed by atoms with Crippen LogP contribution in [0.5, 0.6) is 0 Å². The number of amides is 1. The van der Waals surface area contributed by atoms with Crippen molar-refractivity contribution in [1.82, 2.24) is 10.2 Å². The molecule has 5 atom stereocenters. The molecule has 1 aromatic carbocycles. The second kappa shape index (κ2) is 5.45. The lowest BCUT2D eigenvalue weighted by atomic mass is 9.96. The minimum Gasteiger partial charge on any atom is -0.318 e. The molecule has 1 amide bonds. The van der Waals surface area contributed by atoms with Gasteiger partial charge in [0.05, 0.1) is 6.04 Å². The molecule has 1 N–H and O–H groups in total. The fourth-order valence-corrected chi connectivity index (χ4v) is 3.83. The van der Waals surface area contributed by atoms with Crippen LogP contribution >= 0.6 is 0 Å². The second-order valence-corrected chi connectivity index (χ2v) is 6.93. The number of rotatable bonds is 2. The Labute approximate surface area is 127 Å². The molecule has 0 radical (unpaired) electrons. The van der Waals surface area contributed by atoms with Gasteiger partial charge in [0, 0.05) is 6.04 Å². The van der Waals surface area contributed by atoms with Gasteiger partial charge in [0.15, 0.2) is 0 Å². The summed E-state index contributed by atoms with van der Waals surface area (Å²) >= 11 is 0. The van der Waals surface area contributed by atoms with E-state index in [2.05, 4.69) is 55.3 Å². The molecule has 21 heavy (non-hydrogen) atoms. The third-order valence-corrected chi connectivity index (χ3v) is 5.48. The van der Waals surface area contributed by atoms with E-state index in [0.29, 0.717) is 17.9 Å². The van der Waals surface area contributed by atoms with Crippen molar-refractivity contribution in [2.24, 2.45) is 11.8 Å². The molecule has 3 nitrogen and oxygen atoms in total. The number of nitrogens with zero attached hydrogens (tertiary/aromatic N) is 1. The molecule has 1 aromatic rings. The summed E-state index contributed by atoms with van der Waals surface area (Å²) in [6.45, 7) is 8.68. The van der Waals surface area contributed by atoms with E-state index < -0.39 is 0 Å². The second-order valence-electron chi connectivity index (χ2n) is 6.93. The first-order chi connectivity index (χ1) is 9.99. The quantitative estimate of drug-likeness (QED) is 0.905. The average molecular weight is 286 g/mol. The Morgan fingerprint density at radius 2 is 1.76 bits per heavy atom. The Morgan fingerprint density at radius 1 is 1.10 bits per heavy atom. The standard InChI is InChI=1S/C18H26N2O/c1-11-5-8-15(9-6-11)17-19-14(4)18(21)20(17)16-10-7-12(2)13(16)3/h5-6,8-9,12-14,16-17,19H,7,10H2,1-4H3. The van der Waals surface area contributed by atoms with Crippen molar-refractivity contribution in [3.05, 3.63) is 35.4 Å². The number of hydrogen-bond acceptors (Lipinski definition) is 2. The monoisotopic (exact) mass is 286 g/mol. The third kappa shape index (κ3) is 2.48. The van der Waals surface area contributed by atoms with E-state index in [0.717, 1.165) is 6.42 Å². The molecule has 5 unspecified atom stereocenters. The molecule has 0 spiro atoms. The Balaban J connectivity index is 1.91. The summed E-state index contributed by atoms with van der Waals surface area (Å²) in [6, 6.07) is 8.84. The molecule has 1 heterocycles. The maximum Gasteiger partial charge on any atom is 0.241 e. The zero-order valence-electron chi connectivity index (χ0n) is 13.5. The summed E-state index contributed by atoms with van der Waals surface area (Å²) in [5.74, 6) is 1.54. The number of nitrogens with one attached hydrogen (secondary N) is 1. The Hall–Kier alpha value is -1.35. The molecule has 0 aromatic heterocycles. The van der Waals surface area contributed by atoms with E-state index in [1.807, 2.05) is 6.92 Å². The molecule has 1 saturated carbocycles. The summed E-state index contributed by atoms with van der Waals surface area (Å²) < 4.78 is 0. The van der Waals surface area contributed by atoms with E-state index in [9.17, 15) is 4.79 Å². The summed E-state index contributed by atoms with van der Waals surface area (Å²) in [7, 11) is 0. The zero-order chi connectivity index (χ0) is 15.1. The Bertz CT molecular complexity index is 525. The summed E-state index contributed by atoms with van der Waals surface area (Å²) in [5.41, 5.74) is 2.45. The Morgan fingerprint density at radius 3 is 2.33 bits per heavy atom. The number of carbonyl (C=O) groups excluding carboxylic acids is 1. The van der Waals surface area contributed by atoms with Gasteiger partial charge in [-0.1, -0.05) is 43.7 Å². The normalized spacial score (nSPS) is 36.5. The van der Waals surface area contributed by atoms with Crippen LogP contribution in [0.2, 0.25) is 0 Å². The predicted octanol–water partition coefficient (Wildman–Crippen LogP) is 3.25. The van der Waals surface area contributed by atoms with Crippen LogP contribution in [0.25, 0.3) is 0 Å². The van der Waals surface area contributed by atoms with E-state index >= 15 is 0 Å². The van der Waals surface area contributed by atoms with Gasteiger partial charge < -0.3 is 4.90 Å². The molecular weight excluding hydrogens is 260 g/mol. The van der Waals surface area contributed by atoms with Crippen molar-refractivity contribution in [3.8, 4) is 0 Å². The molecular formula is C18H26N2O. The van der Waals surface area contributed by atoms with Crippen molar-refractivity contribution >= 4 is 5.91 Å². The molecule has 2 aliphatic rings. The van der Waals surface area contributed by atoms with Crippen LogP contribution in [-0.2, 0) is 4.79 Å². The first-order valence-electron chi connectivity index (χ1n) is 8.14. The van der Waals surface area contributed by atoms with Crippen LogP contribution in [0.1, 0.15) is 50.9 Å². The molecule has 1 saturated heterocycles. The highest BCUT2D eigenvalue weighted by atomic mass is 16.2. The molecule has 3 heteroatoms. The van der Waals surface area contributed by atoms with Crippen LogP contribution in [0.15, 0.2) is 24.3 Å². The van der Waals surface area contributed by atoms with Gasteiger partial charge >= 0.3 is 0 Å². The third-order valence-electron chi connectivity index (χ3n) is 5.48. The minimum atomic E-state index is -0.0839. The van der Waals surface area contributed by atoms with Crippen molar-refractivity contribution in [2.75, 3.05) is 0 Å². The first kappa shape index (κ1) is 14.6. The van der Waals surface area contributed by atoms with Gasteiger partial charge in [-0.15, -0.1) is 0 Å². The molecule has 1 aliphatic carbocycles. The van der Waals surface area contributed by atoms with E-state index in [4.69, 9.17) is 0 Å². The number of benzene rings is 1. The summed E-state index contributed by atoms with van der Waals surface area (Å²) in [6.07, 6.45) is 2.39. The SMILES string of the molecule is Cc1ccc(C2NC(C)C(=O)N2C2CCC(C)C2C)cc1. The van der Waals surface area contributed by atoms with Gasteiger partial charge in [-0.05, 0) is 44.1 Å². The van der Waals surface area contributed by atoms with Crippen LogP contribution in [0.3, 0.4) is 0 Å². The molecule has 3 rings (SSSR count). The van der Waals surface area contributed by atoms with Gasteiger partial charge in [0.2, 0.25) is 5.91 Å². The summed E-state index contributed by atoms with van der Waals surface area (Å²) in [5, 5.41) is 3.48. The lowest BCUT2D eigenvalue weighted by Gasteiger charge is -2.34. The average Bonchev–Trinajstić information content (AvgIpc) is 2.93. The Kier molecular flexibility index (Phi) is 3.78. The zero-order valence-corrected chi connectivity index (χ0v) is 13.5. The van der Waals surface area contributed by atoms with Crippen LogP contribution in [0, 0.1) is 18.8 Å². The smallest absolute Gasteiger partial charge is 0.241 e. The maximum atomic E-state index is 12.7. The van der Waals surface area contributed by atoms with Crippen LogP contribution in [-0.4, -0.2) is 22.9 Å². The van der Waals surface area contributed by atoms with Crippen molar-refractivity contribution in [3.63, 3.8) is 0 Å². The topological polar surface area (TPSA) is 32.3 Å². The number of aryl methyl sites for hydroxylation is 1. The fraction of sp³-hybridized carbons (Fsp3) is 0.611. The van der Waals surface area contributed by atoms with E-state index in [1.165, 1.54) is 17.5 Å². The highest BCUT2D eigenvalue weighted by molar-refractivity contribution is 5.84. The van der Waals surface area contributed by atoms with Gasteiger partial charge in [0.25, 0.3) is 0 Å². The van der Waals surface area contributed by atoms with Crippen molar-refractivity contribution in [2.45, 2.75) is 58.8 Å². The van der Waals surface area contributed by atoms with Gasteiger partial charge in [-0.2, -0.15) is 0 Å². The molecule has 114 valence electrons. The van der Waals surface area contributed by atoms with Crippen molar-refractivity contribution < 1.29 is 4.79 Å². The molecule has 2 fully saturated rings. The van der Waals surface area contributed by atoms with E-state index in [1.54, 1.807) is 0 Å². The van der Waals surface area contributed by atoms with Crippen molar-refractivity contribution in [1.29, 1.82) is 0 Å². The van der Waals surface area contributed by atoms with Gasteiger partial charge in [-0.25, -0.2) is 0 Å². The highest BCUT2D eigenvalue weighted by Gasteiger charge is 2.45. The van der Waals surface area contributed by atoms with Crippen LogP contribution in [0.4, 0.5) is 0 Å². The number of hydrogen-bond donors (Lipinski definition) is 1. The van der Waals surface area contributed by atoms with Gasteiger partial charge in [-0.3, -0.25) is 10.1 Å². The first-order valence-corrected chi connectivity index (χ1v) is 8.14. The highest BCUT2D eigenvalue weighted by Crippen LogP contribution is 2.40. The van der Waals surface area contributed by atoms with Gasteiger partial charge in [0.1, 0.15) is 6.17 Å². The summed E-state index contributed by atoms with van der Waals surface area (Å²) in [4.78, 5) is 14.8. The lowest BCUT2D eigenvalue weighted by molar-refractivity contribution is -0.132. The molecule has 0 bridgehead atoms. The largest absolute Gasteiger partial charge is 0.318 e. The number of carbonyl (C=O) groups is 1. The predicted molar refractivity (Wildman–Crippen MR) is 84.7 cm³/mol. The minimum absolute atomic E-state index is 0.0332. The lowest BCUT2D eigenvalue weighted by Crippen LogP contribution is -2.42. The molecule has 1 aliphatic heterocycles.